The molecule has 0 aliphatic carbocycles. The van der Waals surface area contributed by atoms with E-state index in [1.54, 1.807) is 22.8 Å². The molecule has 2 aromatic carbocycles. The first-order valence-electron chi connectivity index (χ1n) is 12.3. The van der Waals surface area contributed by atoms with Gasteiger partial charge in [0.2, 0.25) is 0 Å². The predicted octanol–water partition coefficient (Wildman–Crippen LogP) is 3.93. The number of nitrogens with zero attached hydrogens (tertiary/aromatic N) is 5. The number of amides is 1. The van der Waals surface area contributed by atoms with Crippen LogP contribution in [-0.2, 0) is 18.3 Å². The molecule has 1 fully saturated rings. The number of aromatic nitrogens is 3. The van der Waals surface area contributed by atoms with Crippen LogP contribution >= 0.6 is 0 Å². The number of piperidine rings is 1. The Hall–Kier alpha value is -4.00. The van der Waals surface area contributed by atoms with E-state index in [1.807, 2.05) is 48.1 Å². The molecule has 0 spiro atoms. The van der Waals surface area contributed by atoms with E-state index in [0.29, 0.717) is 43.1 Å². The van der Waals surface area contributed by atoms with Crippen LogP contribution in [0.25, 0.3) is 33.3 Å². The molecule has 4 aromatic rings. The quantitative estimate of drug-likeness (QED) is 0.432. The fourth-order valence-electron chi connectivity index (χ4n) is 5.10. The number of benzene rings is 2. The third kappa shape index (κ3) is 4.73. The summed E-state index contributed by atoms with van der Waals surface area (Å²) in [5, 5.41) is 14.6. The molecule has 190 valence electrons. The molecule has 2 N–H and O–H groups in total. The monoisotopic (exact) mass is 500 g/mol. The molecule has 0 saturated carbocycles. The second kappa shape index (κ2) is 10.2. The molecule has 0 bridgehead atoms. The van der Waals surface area contributed by atoms with Crippen molar-refractivity contribution in [1.82, 2.24) is 19.2 Å². The van der Waals surface area contributed by atoms with E-state index in [4.69, 9.17) is 10.5 Å². The summed E-state index contributed by atoms with van der Waals surface area (Å²) in [6, 6.07) is 14.1. The molecule has 0 radical (unpaired) electrons. The van der Waals surface area contributed by atoms with Crippen LogP contribution in [0, 0.1) is 17.1 Å². The molecule has 1 atom stereocenters. The highest BCUT2D eigenvalue weighted by Crippen LogP contribution is 2.38. The minimum atomic E-state index is -0.604. The first kappa shape index (κ1) is 24.7. The maximum absolute atomic E-state index is 14.7. The molecule has 2 aromatic heterocycles. The Morgan fingerprint density at radius 1 is 1.24 bits per heavy atom. The normalized spacial score (nSPS) is 15.8. The van der Waals surface area contributed by atoms with Crippen molar-refractivity contribution in [1.29, 1.82) is 5.26 Å². The van der Waals surface area contributed by atoms with Crippen LogP contribution in [0.1, 0.15) is 28.9 Å². The highest BCUT2D eigenvalue weighted by atomic mass is 19.1. The average molecular weight is 501 g/mol. The molecule has 1 aliphatic rings. The first-order chi connectivity index (χ1) is 17.9. The highest BCUT2D eigenvalue weighted by molar-refractivity contribution is 5.98. The van der Waals surface area contributed by atoms with Gasteiger partial charge < -0.3 is 19.9 Å². The zero-order valence-electron chi connectivity index (χ0n) is 20.9. The fourth-order valence-corrected chi connectivity index (χ4v) is 5.10. The molecule has 1 saturated heterocycles. The van der Waals surface area contributed by atoms with Gasteiger partial charge in [-0.3, -0.25) is 9.48 Å². The van der Waals surface area contributed by atoms with E-state index >= 15 is 0 Å². The van der Waals surface area contributed by atoms with Crippen molar-refractivity contribution >= 4 is 16.8 Å². The first-order valence-corrected chi connectivity index (χ1v) is 12.3. The van der Waals surface area contributed by atoms with Crippen LogP contribution in [0.15, 0.2) is 48.7 Å². The molecule has 8 nitrogen and oxygen atoms in total. The van der Waals surface area contributed by atoms with Crippen LogP contribution in [0.5, 0.6) is 0 Å². The molecule has 37 heavy (non-hydrogen) atoms. The molecule has 1 unspecified atom stereocenters. The summed E-state index contributed by atoms with van der Waals surface area (Å²) in [7, 11) is 3.49. The number of likely N-dealkylation sites (tertiary alicyclic amines) is 1. The molecule has 5 rings (SSSR count). The van der Waals surface area contributed by atoms with E-state index in [0.717, 1.165) is 35.0 Å². The van der Waals surface area contributed by atoms with E-state index in [9.17, 15) is 14.4 Å². The minimum Gasteiger partial charge on any atom is -0.383 e. The Kier molecular flexibility index (Phi) is 6.78. The fraction of sp³-hybridized carbons (Fsp3) is 0.321. The highest BCUT2D eigenvalue weighted by Gasteiger charge is 2.28. The number of carbonyl (C=O) groups is 1. The minimum absolute atomic E-state index is 0.0282. The van der Waals surface area contributed by atoms with Gasteiger partial charge in [-0.2, -0.15) is 10.4 Å². The lowest BCUT2D eigenvalue weighted by Gasteiger charge is -2.31. The van der Waals surface area contributed by atoms with Crippen molar-refractivity contribution < 1.29 is 13.9 Å². The third-order valence-electron chi connectivity index (χ3n) is 6.87. The number of fused-ring (bicyclic) bond motifs is 1. The van der Waals surface area contributed by atoms with Gasteiger partial charge in [0.1, 0.15) is 17.6 Å². The number of methoxy groups -OCH3 is 1. The van der Waals surface area contributed by atoms with Crippen molar-refractivity contribution in [3.63, 3.8) is 0 Å². The lowest BCUT2D eigenvalue weighted by Crippen LogP contribution is -2.46. The van der Waals surface area contributed by atoms with Gasteiger partial charge in [0.05, 0.1) is 23.4 Å². The van der Waals surface area contributed by atoms with Gasteiger partial charge in [0, 0.05) is 57.0 Å². The van der Waals surface area contributed by atoms with Crippen molar-refractivity contribution in [3.8, 4) is 28.5 Å². The maximum atomic E-state index is 14.7. The van der Waals surface area contributed by atoms with Crippen molar-refractivity contribution in [2.24, 2.45) is 12.8 Å². The van der Waals surface area contributed by atoms with Crippen LogP contribution in [-0.4, -0.2) is 58.0 Å². The Morgan fingerprint density at radius 2 is 2.05 bits per heavy atom. The number of hydrogen-bond donors (Lipinski definition) is 1. The topological polar surface area (TPSA) is 102 Å². The van der Waals surface area contributed by atoms with Gasteiger partial charge in [-0.05, 0) is 54.3 Å². The number of nitrogens with two attached hydrogens (primary N) is 1. The summed E-state index contributed by atoms with van der Waals surface area (Å²) in [5.74, 6) is -0.719. The van der Waals surface area contributed by atoms with Gasteiger partial charge in [0.25, 0.3) is 5.91 Å². The average Bonchev–Trinajstić information content (AvgIpc) is 3.46. The molecular formula is C28H29FN6O2. The van der Waals surface area contributed by atoms with Crippen LogP contribution < -0.4 is 5.73 Å². The molecule has 3 heterocycles. The molecule has 1 aliphatic heterocycles. The van der Waals surface area contributed by atoms with Crippen LogP contribution in [0.3, 0.4) is 0 Å². The van der Waals surface area contributed by atoms with Crippen molar-refractivity contribution in [2.45, 2.75) is 25.4 Å². The Balaban J connectivity index is 1.73. The largest absolute Gasteiger partial charge is 0.383 e. The summed E-state index contributed by atoms with van der Waals surface area (Å²) in [6.07, 6.45) is 3.67. The lowest BCUT2D eigenvalue weighted by atomic mass is 9.99. The molecule has 9 heteroatoms. The molecule has 1 amide bonds. The van der Waals surface area contributed by atoms with E-state index in [2.05, 4.69) is 5.10 Å². The maximum Gasteiger partial charge on any atom is 0.270 e. The van der Waals surface area contributed by atoms with E-state index in [-0.39, 0.29) is 17.5 Å². The van der Waals surface area contributed by atoms with Gasteiger partial charge in [-0.25, -0.2) is 4.39 Å². The summed E-state index contributed by atoms with van der Waals surface area (Å²) in [6.45, 7) is 1.94. The Labute approximate surface area is 214 Å². The standard InChI is InChI=1S/C28H29FN6O2/c1-33-16-21-12-19(7-8-25(21)32-33)27-23(18-5-6-20(15-30)24(29)13-18)14-26(35(27)10-11-37-2)28(36)34-9-3-4-22(31)17-34/h5-8,12-14,16,22H,3-4,9-11,17,31H2,1-2H3. The summed E-state index contributed by atoms with van der Waals surface area (Å²) < 4.78 is 23.8. The van der Waals surface area contributed by atoms with Gasteiger partial charge >= 0.3 is 0 Å². The second-order valence-corrected chi connectivity index (χ2v) is 9.47. The number of rotatable bonds is 6. The second-order valence-electron chi connectivity index (χ2n) is 9.47. The summed E-state index contributed by atoms with van der Waals surface area (Å²) in [5.41, 5.74) is 10.4. The van der Waals surface area contributed by atoms with Crippen molar-refractivity contribution in [3.05, 3.63) is 65.7 Å². The van der Waals surface area contributed by atoms with Crippen LogP contribution in [0.4, 0.5) is 4.39 Å². The Morgan fingerprint density at radius 3 is 2.78 bits per heavy atom. The number of aryl methyl sites for hydroxylation is 1. The zero-order chi connectivity index (χ0) is 26.1. The lowest BCUT2D eigenvalue weighted by molar-refractivity contribution is 0.0695. The number of ether oxygens (including phenoxy) is 1. The number of hydrogen-bond acceptors (Lipinski definition) is 5. The number of nitriles is 1. The number of carbonyl (C=O) groups excluding carboxylic acids is 1. The van der Waals surface area contributed by atoms with Gasteiger partial charge in [-0.1, -0.05) is 12.1 Å². The van der Waals surface area contributed by atoms with Gasteiger partial charge in [-0.15, -0.1) is 0 Å². The van der Waals surface area contributed by atoms with Crippen LogP contribution in [0.2, 0.25) is 0 Å². The zero-order valence-corrected chi connectivity index (χ0v) is 20.9. The van der Waals surface area contributed by atoms with Gasteiger partial charge in [0.15, 0.2) is 0 Å². The molecular weight excluding hydrogens is 471 g/mol. The van der Waals surface area contributed by atoms with Crippen molar-refractivity contribution in [2.75, 3.05) is 26.8 Å². The smallest absolute Gasteiger partial charge is 0.270 e. The number of halogens is 1. The SMILES string of the molecule is COCCn1c(C(=O)N2CCCC(N)C2)cc(-c2ccc(C#N)c(F)c2)c1-c1ccc2nn(C)cc2c1. The van der Waals surface area contributed by atoms with E-state index in [1.165, 1.54) is 12.1 Å². The Bertz CT molecular complexity index is 1520. The van der Waals surface area contributed by atoms with E-state index < -0.39 is 5.82 Å². The predicted molar refractivity (Wildman–Crippen MR) is 139 cm³/mol. The summed E-state index contributed by atoms with van der Waals surface area (Å²) >= 11 is 0. The summed E-state index contributed by atoms with van der Waals surface area (Å²) in [4.78, 5) is 15.6. The third-order valence-corrected chi connectivity index (χ3v) is 6.87.